The zero-order valence-corrected chi connectivity index (χ0v) is 10.6. The average Bonchev–Trinajstić information content (AvgIpc) is 2.89. The van der Waals surface area contributed by atoms with E-state index in [2.05, 4.69) is 22.2 Å². The number of anilines is 1. The van der Waals surface area contributed by atoms with Gasteiger partial charge in [0.2, 0.25) is 0 Å². The third kappa shape index (κ3) is 2.93. The van der Waals surface area contributed by atoms with Gasteiger partial charge >= 0.3 is 0 Å². The molecule has 2 heterocycles. The number of thiazole rings is 1. The van der Waals surface area contributed by atoms with Gasteiger partial charge in [-0.1, -0.05) is 24.7 Å². The first-order valence-corrected chi connectivity index (χ1v) is 6.77. The molecule has 1 aromatic heterocycles. The Kier molecular flexibility index (Phi) is 4.15. The smallest absolute Gasteiger partial charge is 0.197 e. The number of aromatic nitrogens is 1. The Hall–Kier alpha value is -0.650. The fourth-order valence-corrected chi connectivity index (χ4v) is 3.13. The third-order valence-electron chi connectivity index (χ3n) is 3.12. The van der Waals surface area contributed by atoms with Crippen molar-refractivity contribution >= 4 is 16.5 Å². The van der Waals surface area contributed by atoms with Crippen LogP contribution in [0.5, 0.6) is 0 Å². The lowest BCUT2D eigenvalue weighted by molar-refractivity contribution is 0.315. The van der Waals surface area contributed by atoms with Crippen LogP contribution in [-0.4, -0.2) is 23.0 Å². The predicted molar refractivity (Wildman–Crippen MR) is 68.2 cm³/mol. The molecule has 0 spiro atoms. The molecule has 5 heteroatoms. The van der Waals surface area contributed by atoms with Crippen LogP contribution < -0.4 is 11.3 Å². The molecule has 1 aliphatic rings. The SMILES string of the molecule is CCCC1CCN(Cc2cnc(NN)s2)C1. The lowest BCUT2D eigenvalue weighted by atomic mass is 10.0. The fraction of sp³-hybridized carbons (Fsp3) is 0.727. The lowest BCUT2D eigenvalue weighted by Gasteiger charge is -2.14. The highest BCUT2D eigenvalue weighted by molar-refractivity contribution is 7.15. The molecule has 1 atom stereocenters. The molecule has 3 N–H and O–H groups in total. The van der Waals surface area contributed by atoms with Crippen LogP contribution in [0, 0.1) is 5.92 Å². The van der Waals surface area contributed by atoms with Crippen molar-refractivity contribution in [2.45, 2.75) is 32.7 Å². The van der Waals surface area contributed by atoms with Crippen LogP contribution in [0.3, 0.4) is 0 Å². The Bertz CT molecular complexity index is 326. The van der Waals surface area contributed by atoms with Crippen molar-refractivity contribution < 1.29 is 0 Å². The van der Waals surface area contributed by atoms with Crippen molar-refractivity contribution in [2.75, 3.05) is 18.5 Å². The minimum Gasteiger partial charge on any atom is -0.300 e. The highest BCUT2D eigenvalue weighted by Gasteiger charge is 2.21. The first kappa shape index (κ1) is 11.8. The molecule has 16 heavy (non-hydrogen) atoms. The molecule has 0 aromatic carbocycles. The molecule has 0 bridgehead atoms. The number of nitrogens with one attached hydrogen (secondary N) is 1. The second-order valence-corrected chi connectivity index (χ2v) is 5.57. The lowest BCUT2D eigenvalue weighted by Crippen LogP contribution is -2.19. The van der Waals surface area contributed by atoms with E-state index in [1.54, 1.807) is 11.3 Å². The summed E-state index contributed by atoms with van der Waals surface area (Å²) in [5.41, 5.74) is 2.59. The zero-order chi connectivity index (χ0) is 11.4. The molecular formula is C11H20N4S. The number of hydrogen-bond acceptors (Lipinski definition) is 5. The van der Waals surface area contributed by atoms with Gasteiger partial charge in [-0.15, -0.1) is 0 Å². The molecule has 2 rings (SSSR count). The fourth-order valence-electron chi connectivity index (χ4n) is 2.37. The largest absolute Gasteiger partial charge is 0.300 e. The number of nitrogens with two attached hydrogens (primary N) is 1. The van der Waals surface area contributed by atoms with Crippen molar-refractivity contribution in [1.29, 1.82) is 0 Å². The van der Waals surface area contributed by atoms with E-state index in [1.807, 2.05) is 6.20 Å². The Balaban J connectivity index is 1.82. The van der Waals surface area contributed by atoms with E-state index in [9.17, 15) is 0 Å². The van der Waals surface area contributed by atoms with E-state index < -0.39 is 0 Å². The van der Waals surface area contributed by atoms with Crippen molar-refractivity contribution in [2.24, 2.45) is 11.8 Å². The molecule has 0 radical (unpaired) electrons. The van der Waals surface area contributed by atoms with E-state index >= 15 is 0 Å². The summed E-state index contributed by atoms with van der Waals surface area (Å²) < 4.78 is 0. The summed E-state index contributed by atoms with van der Waals surface area (Å²) in [7, 11) is 0. The van der Waals surface area contributed by atoms with Gasteiger partial charge in [0.05, 0.1) is 0 Å². The minimum atomic E-state index is 0.805. The highest BCUT2D eigenvalue weighted by atomic mass is 32.1. The van der Waals surface area contributed by atoms with Gasteiger partial charge in [0.15, 0.2) is 5.13 Å². The first-order valence-electron chi connectivity index (χ1n) is 5.95. The van der Waals surface area contributed by atoms with Crippen molar-refractivity contribution in [3.63, 3.8) is 0 Å². The summed E-state index contributed by atoms with van der Waals surface area (Å²) in [6.45, 7) is 5.77. The number of likely N-dealkylation sites (tertiary alicyclic amines) is 1. The van der Waals surface area contributed by atoms with Gasteiger partial charge in [-0.05, 0) is 25.3 Å². The second-order valence-electron chi connectivity index (χ2n) is 4.45. The Labute approximate surface area is 101 Å². The normalized spacial score (nSPS) is 21.5. The monoisotopic (exact) mass is 240 g/mol. The summed E-state index contributed by atoms with van der Waals surface area (Å²) in [4.78, 5) is 8.01. The molecule has 1 aliphatic heterocycles. The number of nitrogen functional groups attached to an aromatic ring is 1. The van der Waals surface area contributed by atoms with Gasteiger partial charge in [-0.3, -0.25) is 10.3 Å². The minimum absolute atomic E-state index is 0.805. The third-order valence-corrected chi connectivity index (χ3v) is 4.04. The van der Waals surface area contributed by atoms with Crippen molar-refractivity contribution in [3.8, 4) is 0 Å². The maximum atomic E-state index is 5.32. The summed E-state index contributed by atoms with van der Waals surface area (Å²) in [5, 5.41) is 0.805. The number of nitrogens with zero attached hydrogens (tertiary/aromatic N) is 2. The second kappa shape index (κ2) is 5.61. The van der Waals surface area contributed by atoms with Crippen LogP contribution in [0.1, 0.15) is 31.1 Å². The Morgan fingerprint density at radius 3 is 3.25 bits per heavy atom. The summed E-state index contributed by atoms with van der Waals surface area (Å²) >= 11 is 1.65. The first-order chi connectivity index (χ1) is 7.81. The van der Waals surface area contributed by atoms with Gasteiger partial charge in [-0.2, -0.15) is 0 Å². The summed E-state index contributed by atoms with van der Waals surface area (Å²) in [6, 6.07) is 0. The molecule has 1 fully saturated rings. The summed E-state index contributed by atoms with van der Waals surface area (Å²) in [6.07, 6.45) is 5.96. The topological polar surface area (TPSA) is 54.2 Å². The van der Waals surface area contributed by atoms with Crippen LogP contribution in [0.2, 0.25) is 0 Å². The van der Waals surface area contributed by atoms with Gasteiger partial charge in [0.25, 0.3) is 0 Å². The van der Waals surface area contributed by atoms with Gasteiger partial charge in [0, 0.05) is 24.2 Å². The maximum absolute atomic E-state index is 5.32. The highest BCUT2D eigenvalue weighted by Crippen LogP contribution is 2.25. The van der Waals surface area contributed by atoms with Gasteiger partial charge in [-0.25, -0.2) is 10.8 Å². The number of hydrazine groups is 1. The van der Waals surface area contributed by atoms with Crippen LogP contribution in [-0.2, 0) is 6.54 Å². The molecule has 0 amide bonds. The van der Waals surface area contributed by atoms with Crippen molar-refractivity contribution in [1.82, 2.24) is 9.88 Å². The molecular weight excluding hydrogens is 220 g/mol. The molecule has 90 valence electrons. The van der Waals surface area contributed by atoms with E-state index in [-0.39, 0.29) is 0 Å². The van der Waals surface area contributed by atoms with Crippen LogP contribution >= 0.6 is 11.3 Å². The standard InChI is InChI=1S/C11H20N4S/c1-2-3-9-4-5-15(7-9)8-10-6-13-11(14-12)16-10/h6,9H,2-5,7-8,12H2,1H3,(H,13,14). The summed E-state index contributed by atoms with van der Waals surface area (Å²) in [5.74, 6) is 6.22. The van der Waals surface area contributed by atoms with Gasteiger partial charge < -0.3 is 0 Å². The van der Waals surface area contributed by atoms with Crippen LogP contribution in [0.25, 0.3) is 0 Å². The average molecular weight is 240 g/mol. The number of hydrogen-bond donors (Lipinski definition) is 2. The Morgan fingerprint density at radius 1 is 1.69 bits per heavy atom. The van der Waals surface area contributed by atoms with Crippen molar-refractivity contribution in [3.05, 3.63) is 11.1 Å². The van der Waals surface area contributed by atoms with Crippen LogP contribution in [0.15, 0.2) is 6.20 Å². The van der Waals surface area contributed by atoms with Crippen LogP contribution in [0.4, 0.5) is 5.13 Å². The number of rotatable bonds is 5. The van der Waals surface area contributed by atoms with Gasteiger partial charge in [0.1, 0.15) is 0 Å². The molecule has 0 aliphatic carbocycles. The molecule has 1 saturated heterocycles. The molecule has 1 unspecified atom stereocenters. The van der Waals surface area contributed by atoms with E-state index in [0.29, 0.717) is 0 Å². The van der Waals surface area contributed by atoms with E-state index in [0.717, 1.165) is 17.6 Å². The Morgan fingerprint density at radius 2 is 2.56 bits per heavy atom. The quantitative estimate of drug-likeness (QED) is 0.611. The van der Waals surface area contributed by atoms with E-state index in [1.165, 1.54) is 37.2 Å². The predicted octanol–water partition coefficient (Wildman–Crippen LogP) is 2.05. The molecule has 0 saturated carbocycles. The zero-order valence-electron chi connectivity index (χ0n) is 9.78. The molecule has 1 aromatic rings. The maximum Gasteiger partial charge on any atom is 0.197 e. The van der Waals surface area contributed by atoms with E-state index in [4.69, 9.17) is 5.84 Å². The molecule has 4 nitrogen and oxygen atoms in total.